The first kappa shape index (κ1) is 23.0. The van der Waals surface area contributed by atoms with Gasteiger partial charge in [0, 0.05) is 45.6 Å². The molecule has 2 saturated heterocycles. The highest BCUT2D eigenvalue weighted by atomic mass is 16.2. The first-order chi connectivity index (χ1) is 16.0. The van der Waals surface area contributed by atoms with Crippen LogP contribution in [0, 0.1) is 5.92 Å². The van der Waals surface area contributed by atoms with Gasteiger partial charge in [-0.1, -0.05) is 60.7 Å². The number of likely N-dealkylation sites (tertiary alicyclic amines) is 1. The van der Waals surface area contributed by atoms with Gasteiger partial charge in [0.25, 0.3) is 0 Å². The van der Waals surface area contributed by atoms with Crippen molar-refractivity contribution in [2.75, 3.05) is 32.7 Å². The van der Waals surface area contributed by atoms with Crippen LogP contribution >= 0.6 is 0 Å². The van der Waals surface area contributed by atoms with Gasteiger partial charge >= 0.3 is 0 Å². The zero-order chi connectivity index (χ0) is 23.2. The van der Waals surface area contributed by atoms with Gasteiger partial charge in [0.1, 0.15) is 0 Å². The lowest BCUT2D eigenvalue weighted by Crippen LogP contribution is -2.41. The Kier molecular flexibility index (Phi) is 7.43. The number of carbonyl (C=O) groups excluding carboxylic acids is 3. The monoisotopic (exact) mass is 447 g/mol. The molecule has 0 spiro atoms. The molecule has 2 aliphatic rings. The van der Waals surface area contributed by atoms with Crippen LogP contribution in [0.4, 0.5) is 0 Å². The molecule has 2 aromatic carbocycles. The van der Waals surface area contributed by atoms with E-state index in [1.165, 1.54) is 0 Å². The predicted octanol–water partition coefficient (Wildman–Crippen LogP) is 3.29. The molecule has 0 bridgehead atoms. The standard InChI is InChI=1S/C27H33N3O3/c1-21(23-11-6-3-7-12-23)30-20-24(19-26(30)32)27(33)29-16-8-15-28(17-18-29)25(31)14-13-22-9-4-2-5-10-22/h2-7,9-12,21,24H,8,13-20H2,1H3. The summed E-state index contributed by atoms with van der Waals surface area (Å²) in [4.78, 5) is 44.2. The molecule has 0 aliphatic carbocycles. The number of rotatable bonds is 6. The highest BCUT2D eigenvalue weighted by molar-refractivity contribution is 5.89. The van der Waals surface area contributed by atoms with E-state index in [0.29, 0.717) is 39.1 Å². The zero-order valence-electron chi connectivity index (χ0n) is 19.4. The van der Waals surface area contributed by atoms with Gasteiger partial charge in [-0.05, 0) is 30.9 Å². The van der Waals surface area contributed by atoms with Crippen molar-refractivity contribution in [3.8, 4) is 0 Å². The van der Waals surface area contributed by atoms with E-state index >= 15 is 0 Å². The van der Waals surface area contributed by atoms with E-state index in [1.54, 1.807) is 0 Å². The number of carbonyl (C=O) groups is 3. The minimum atomic E-state index is -0.302. The normalized spacial score (nSPS) is 20.0. The minimum absolute atomic E-state index is 0.0391. The van der Waals surface area contributed by atoms with Gasteiger partial charge < -0.3 is 14.7 Å². The van der Waals surface area contributed by atoms with Crippen LogP contribution in [0.15, 0.2) is 60.7 Å². The van der Waals surface area contributed by atoms with Gasteiger partial charge in [-0.2, -0.15) is 0 Å². The molecule has 2 fully saturated rings. The number of aryl methyl sites for hydroxylation is 1. The van der Waals surface area contributed by atoms with Crippen LogP contribution in [0.5, 0.6) is 0 Å². The van der Waals surface area contributed by atoms with Crippen molar-refractivity contribution in [3.05, 3.63) is 71.8 Å². The van der Waals surface area contributed by atoms with Crippen molar-refractivity contribution in [1.29, 1.82) is 0 Å². The molecule has 0 saturated carbocycles. The van der Waals surface area contributed by atoms with Crippen LogP contribution < -0.4 is 0 Å². The molecule has 2 aliphatic heterocycles. The summed E-state index contributed by atoms with van der Waals surface area (Å²) in [5.74, 6) is -0.0713. The first-order valence-corrected chi connectivity index (χ1v) is 12.0. The molecule has 0 N–H and O–H groups in total. The Morgan fingerprint density at radius 1 is 0.909 bits per heavy atom. The van der Waals surface area contributed by atoms with Gasteiger partial charge in [0.05, 0.1) is 12.0 Å². The number of hydrogen-bond donors (Lipinski definition) is 0. The van der Waals surface area contributed by atoms with E-state index in [1.807, 2.05) is 82.3 Å². The summed E-state index contributed by atoms with van der Waals surface area (Å²) in [6.45, 7) is 4.90. The molecule has 6 nitrogen and oxygen atoms in total. The topological polar surface area (TPSA) is 60.9 Å². The lowest BCUT2D eigenvalue weighted by molar-refractivity contribution is -0.136. The molecule has 3 amide bonds. The third-order valence-corrected chi connectivity index (χ3v) is 6.89. The third-order valence-electron chi connectivity index (χ3n) is 6.89. The molecule has 0 aromatic heterocycles. The summed E-state index contributed by atoms with van der Waals surface area (Å²) in [6.07, 6.45) is 2.26. The molecule has 2 atom stereocenters. The molecule has 0 radical (unpaired) electrons. The number of hydrogen-bond acceptors (Lipinski definition) is 3. The van der Waals surface area contributed by atoms with Gasteiger partial charge in [-0.15, -0.1) is 0 Å². The van der Waals surface area contributed by atoms with Gasteiger partial charge in [0.15, 0.2) is 0 Å². The van der Waals surface area contributed by atoms with Crippen molar-refractivity contribution < 1.29 is 14.4 Å². The van der Waals surface area contributed by atoms with Crippen LogP contribution in [0.2, 0.25) is 0 Å². The largest absolute Gasteiger partial charge is 0.341 e. The summed E-state index contributed by atoms with van der Waals surface area (Å²) in [5, 5.41) is 0. The van der Waals surface area contributed by atoms with Crippen molar-refractivity contribution in [3.63, 3.8) is 0 Å². The van der Waals surface area contributed by atoms with E-state index in [4.69, 9.17) is 0 Å². The molecule has 4 rings (SSSR count). The second kappa shape index (κ2) is 10.6. The quantitative estimate of drug-likeness (QED) is 0.683. The van der Waals surface area contributed by atoms with Crippen LogP contribution in [0.1, 0.15) is 43.4 Å². The number of nitrogens with zero attached hydrogens (tertiary/aromatic N) is 3. The Morgan fingerprint density at radius 3 is 2.27 bits per heavy atom. The Hall–Kier alpha value is -3.15. The van der Waals surface area contributed by atoms with Gasteiger partial charge in [-0.25, -0.2) is 0 Å². The maximum atomic E-state index is 13.2. The van der Waals surface area contributed by atoms with Crippen LogP contribution in [0.3, 0.4) is 0 Å². The van der Waals surface area contributed by atoms with Gasteiger partial charge in [0.2, 0.25) is 17.7 Å². The minimum Gasteiger partial charge on any atom is -0.341 e. The van der Waals surface area contributed by atoms with E-state index in [0.717, 1.165) is 24.0 Å². The smallest absolute Gasteiger partial charge is 0.228 e. The SMILES string of the molecule is CC(c1ccccc1)N1CC(C(=O)N2CCCN(C(=O)CCc3ccccc3)CC2)CC1=O. The van der Waals surface area contributed by atoms with Crippen molar-refractivity contribution in [1.82, 2.24) is 14.7 Å². The van der Waals surface area contributed by atoms with Crippen molar-refractivity contribution >= 4 is 17.7 Å². The highest BCUT2D eigenvalue weighted by Crippen LogP contribution is 2.29. The predicted molar refractivity (Wildman–Crippen MR) is 127 cm³/mol. The maximum Gasteiger partial charge on any atom is 0.228 e. The molecule has 6 heteroatoms. The Balaban J connectivity index is 1.29. The maximum absolute atomic E-state index is 13.2. The lowest BCUT2D eigenvalue weighted by atomic mass is 10.1. The van der Waals surface area contributed by atoms with E-state index in [9.17, 15) is 14.4 Å². The summed E-state index contributed by atoms with van der Waals surface area (Å²) in [7, 11) is 0. The van der Waals surface area contributed by atoms with Crippen LogP contribution in [-0.2, 0) is 20.8 Å². The molecular formula is C27H33N3O3. The highest BCUT2D eigenvalue weighted by Gasteiger charge is 2.39. The number of amides is 3. The summed E-state index contributed by atoms with van der Waals surface area (Å²) < 4.78 is 0. The zero-order valence-corrected chi connectivity index (χ0v) is 19.4. The number of benzene rings is 2. The summed E-state index contributed by atoms with van der Waals surface area (Å²) in [6, 6.07) is 19.9. The fourth-order valence-electron chi connectivity index (χ4n) is 4.88. The Morgan fingerprint density at radius 2 is 1.55 bits per heavy atom. The van der Waals surface area contributed by atoms with E-state index < -0.39 is 0 Å². The fraction of sp³-hybridized carbons (Fsp3) is 0.444. The second-order valence-corrected chi connectivity index (χ2v) is 9.08. The molecule has 33 heavy (non-hydrogen) atoms. The van der Waals surface area contributed by atoms with Crippen LogP contribution in [-0.4, -0.2) is 65.1 Å². The van der Waals surface area contributed by atoms with Crippen LogP contribution in [0.25, 0.3) is 0 Å². The fourth-order valence-corrected chi connectivity index (χ4v) is 4.88. The molecule has 174 valence electrons. The second-order valence-electron chi connectivity index (χ2n) is 9.08. The summed E-state index contributed by atoms with van der Waals surface area (Å²) >= 11 is 0. The van der Waals surface area contributed by atoms with Crippen molar-refractivity contribution in [2.45, 2.75) is 38.6 Å². The molecular weight excluding hydrogens is 414 g/mol. The Labute approximate surface area is 196 Å². The lowest BCUT2D eigenvalue weighted by Gasteiger charge is -2.27. The van der Waals surface area contributed by atoms with E-state index in [-0.39, 0.29) is 36.1 Å². The average Bonchev–Trinajstić information content (AvgIpc) is 3.07. The Bertz CT molecular complexity index is 963. The first-order valence-electron chi connectivity index (χ1n) is 12.0. The average molecular weight is 448 g/mol. The van der Waals surface area contributed by atoms with Gasteiger partial charge in [-0.3, -0.25) is 14.4 Å². The molecule has 2 aromatic rings. The van der Waals surface area contributed by atoms with E-state index in [2.05, 4.69) is 0 Å². The third kappa shape index (κ3) is 5.62. The molecule has 2 unspecified atom stereocenters. The van der Waals surface area contributed by atoms with Crippen molar-refractivity contribution in [2.24, 2.45) is 5.92 Å². The summed E-state index contributed by atoms with van der Waals surface area (Å²) in [5.41, 5.74) is 2.25. The molecule has 2 heterocycles.